The van der Waals surface area contributed by atoms with Gasteiger partial charge in [-0.3, -0.25) is 4.79 Å². The Morgan fingerprint density at radius 3 is 2.46 bits per heavy atom. The normalized spacial score (nSPS) is 25.6. The molecule has 4 atom stereocenters. The van der Waals surface area contributed by atoms with E-state index < -0.39 is 55.6 Å². The molecule has 0 heterocycles. The summed E-state index contributed by atoms with van der Waals surface area (Å²) in [6.45, 7) is 5.37. The van der Waals surface area contributed by atoms with Gasteiger partial charge in [0.1, 0.15) is 11.2 Å². The summed E-state index contributed by atoms with van der Waals surface area (Å²) in [6, 6.07) is 4.77. The van der Waals surface area contributed by atoms with Crippen LogP contribution in [0.3, 0.4) is 0 Å². The molecule has 12 heteroatoms. The number of halogens is 4. The summed E-state index contributed by atoms with van der Waals surface area (Å²) in [6.07, 6.45) is 2.48. The Labute approximate surface area is 217 Å². The van der Waals surface area contributed by atoms with Crippen LogP contribution in [0.25, 0.3) is 0 Å². The number of fused-ring (bicyclic) bond motifs is 2. The van der Waals surface area contributed by atoms with Crippen molar-refractivity contribution in [1.29, 1.82) is 0 Å². The molecular weight excluding hydrogens is 533 g/mol. The van der Waals surface area contributed by atoms with Gasteiger partial charge in [-0.15, -0.1) is 0 Å². The summed E-state index contributed by atoms with van der Waals surface area (Å²) in [7, 11) is -4.12. The van der Waals surface area contributed by atoms with Gasteiger partial charge in [0.25, 0.3) is 5.91 Å². The number of carbonyl (C=O) groups is 1. The number of benzene rings is 2. The molecule has 4 rings (SSSR count). The number of amides is 1. The van der Waals surface area contributed by atoms with Gasteiger partial charge in [0.05, 0.1) is 21.4 Å². The average molecular weight is 559 g/mol. The highest BCUT2D eigenvalue weighted by Gasteiger charge is 2.61. The van der Waals surface area contributed by atoms with Crippen LogP contribution in [0.2, 0.25) is 5.02 Å². The van der Waals surface area contributed by atoms with Gasteiger partial charge in [-0.1, -0.05) is 16.8 Å². The molecule has 1 amide bonds. The molecule has 0 radical (unpaired) electrons. The number of rotatable bonds is 6. The summed E-state index contributed by atoms with van der Waals surface area (Å²) in [5.74, 6) is -6.56. The van der Waals surface area contributed by atoms with Crippen molar-refractivity contribution in [3.05, 3.63) is 58.4 Å². The largest absolute Gasteiger partial charge is 0.390 e. The van der Waals surface area contributed by atoms with Crippen molar-refractivity contribution in [3.63, 3.8) is 0 Å². The van der Waals surface area contributed by atoms with E-state index >= 15 is 0 Å². The maximum atomic E-state index is 13.8. The SMILES string of the molecule is CC(C)(C)O/N=C/[C@@]1(O)CC2CCC1[C@@H]2S(=O)(=O)c1cc(C(=O)Nc2cc(F)c(F)c(F)c2)ccc1Cl. The summed E-state index contributed by atoms with van der Waals surface area (Å²) in [5, 5.41) is 16.3. The fourth-order valence-corrected chi connectivity index (χ4v) is 8.02. The molecule has 0 aliphatic heterocycles. The molecule has 2 fully saturated rings. The average Bonchev–Trinajstić information content (AvgIpc) is 3.33. The van der Waals surface area contributed by atoms with Crippen molar-refractivity contribution >= 4 is 39.2 Å². The molecule has 0 saturated heterocycles. The maximum Gasteiger partial charge on any atom is 0.255 e. The number of hydrogen-bond donors (Lipinski definition) is 2. The number of nitrogens with zero attached hydrogens (tertiary/aromatic N) is 1. The third-order valence-corrected chi connectivity index (χ3v) is 9.47. The van der Waals surface area contributed by atoms with E-state index in [0.717, 1.165) is 6.07 Å². The number of sulfone groups is 1. The molecule has 37 heavy (non-hydrogen) atoms. The first kappa shape index (κ1) is 27.4. The molecular formula is C25H26ClF3N2O5S. The molecule has 0 aromatic heterocycles. The molecule has 2 aliphatic rings. The Morgan fingerprint density at radius 1 is 1.19 bits per heavy atom. The van der Waals surface area contributed by atoms with E-state index in [-0.39, 0.29) is 33.5 Å². The van der Waals surface area contributed by atoms with E-state index in [1.165, 1.54) is 18.3 Å². The van der Waals surface area contributed by atoms with Gasteiger partial charge in [-0.25, -0.2) is 21.6 Å². The van der Waals surface area contributed by atoms with Crippen LogP contribution in [0.5, 0.6) is 0 Å². The lowest BCUT2D eigenvalue weighted by Gasteiger charge is -2.29. The fourth-order valence-electron chi connectivity index (χ4n) is 5.11. The van der Waals surface area contributed by atoms with Crippen LogP contribution in [0.4, 0.5) is 18.9 Å². The minimum Gasteiger partial charge on any atom is -0.390 e. The van der Waals surface area contributed by atoms with Crippen LogP contribution in [0.1, 0.15) is 50.4 Å². The predicted octanol–water partition coefficient (Wildman–Crippen LogP) is 5.11. The highest BCUT2D eigenvalue weighted by molar-refractivity contribution is 7.92. The molecule has 7 nitrogen and oxygen atoms in total. The van der Waals surface area contributed by atoms with E-state index in [1.807, 2.05) is 0 Å². The monoisotopic (exact) mass is 558 g/mol. The number of nitrogens with one attached hydrogen (secondary N) is 1. The summed E-state index contributed by atoms with van der Waals surface area (Å²) >= 11 is 6.24. The van der Waals surface area contributed by atoms with Crippen LogP contribution in [-0.2, 0) is 14.7 Å². The van der Waals surface area contributed by atoms with Crippen LogP contribution in [0.15, 0.2) is 40.4 Å². The van der Waals surface area contributed by atoms with Gasteiger partial charge in [0.2, 0.25) is 0 Å². The Bertz CT molecular complexity index is 1360. The molecule has 2 saturated carbocycles. The van der Waals surface area contributed by atoms with Crippen molar-refractivity contribution in [2.75, 3.05) is 5.32 Å². The lowest BCUT2D eigenvalue weighted by molar-refractivity contribution is -0.00583. The molecule has 0 spiro atoms. The lowest BCUT2D eigenvalue weighted by Crippen LogP contribution is -2.40. The van der Waals surface area contributed by atoms with Crippen molar-refractivity contribution in [2.24, 2.45) is 17.0 Å². The zero-order chi connectivity index (χ0) is 27.3. The fraction of sp³-hybridized carbons (Fsp3) is 0.440. The first-order valence-corrected chi connectivity index (χ1v) is 13.5. The molecule has 2 aromatic rings. The second-order valence-electron chi connectivity index (χ2n) is 10.4. The highest BCUT2D eigenvalue weighted by atomic mass is 35.5. The van der Waals surface area contributed by atoms with E-state index in [9.17, 15) is 31.5 Å². The van der Waals surface area contributed by atoms with Crippen molar-refractivity contribution < 1.29 is 36.3 Å². The Morgan fingerprint density at radius 2 is 1.84 bits per heavy atom. The van der Waals surface area contributed by atoms with Crippen LogP contribution < -0.4 is 5.32 Å². The second kappa shape index (κ2) is 9.59. The number of aliphatic hydroxyl groups is 1. The zero-order valence-corrected chi connectivity index (χ0v) is 21.8. The Hall–Kier alpha value is -2.63. The minimum atomic E-state index is -4.12. The number of carbonyl (C=O) groups excluding carboxylic acids is 1. The third-order valence-electron chi connectivity index (χ3n) is 6.64. The predicted molar refractivity (Wildman–Crippen MR) is 132 cm³/mol. The van der Waals surface area contributed by atoms with E-state index in [4.69, 9.17) is 16.4 Å². The van der Waals surface area contributed by atoms with Gasteiger partial charge in [-0.05, 0) is 64.2 Å². The second-order valence-corrected chi connectivity index (χ2v) is 12.9. The first-order chi connectivity index (χ1) is 17.1. The van der Waals surface area contributed by atoms with E-state index in [0.29, 0.717) is 25.0 Å². The van der Waals surface area contributed by atoms with Gasteiger partial charge in [-0.2, -0.15) is 0 Å². The quantitative estimate of drug-likeness (QED) is 0.291. The Kier molecular flexibility index (Phi) is 7.11. The number of anilines is 1. The molecule has 2 aliphatic carbocycles. The van der Waals surface area contributed by atoms with Gasteiger partial charge >= 0.3 is 0 Å². The van der Waals surface area contributed by atoms with Crippen LogP contribution in [0, 0.1) is 29.3 Å². The zero-order valence-electron chi connectivity index (χ0n) is 20.3. The summed E-state index contributed by atoms with van der Waals surface area (Å²) in [4.78, 5) is 17.7. The highest BCUT2D eigenvalue weighted by Crippen LogP contribution is 2.54. The Balaban J connectivity index is 1.61. The standard InChI is InChI=1S/C25H26ClF3N2O5S/c1-24(2,3)36-30-12-25(33)11-14-4-6-16(25)22(14)37(34,35)20-8-13(5-7-17(20)26)23(32)31-15-9-18(27)21(29)19(28)10-15/h5,7-10,12,14,16,22,33H,4,6,11H2,1-3H3,(H,31,32)/b30-12+/t14?,16?,22-,25+/m1/s1. The molecule has 2 unspecified atom stereocenters. The topological polar surface area (TPSA) is 105 Å². The van der Waals surface area contributed by atoms with Gasteiger partial charge in [0.15, 0.2) is 27.3 Å². The van der Waals surface area contributed by atoms with E-state index in [1.54, 1.807) is 20.8 Å². The van der Waals surface area contributed by atoms with Crippen LogP contribution >= 0.6 is 11.6 Å². The first-order valence-electron chi connectivity index (χ1n) is 11.6. The summed E-state index contributed by atoms with van der Waals surface area (Å²) in [5.41, 5.74) is -2.56. The third kappa shape index (κ3) is 5.35. The number of oxime groups is 1. The molecule has 2 aromatic carbocycles. The van der Waals surface area contributed by atoms with Crippen LogP contribution in [-0.4, -0.2) is 42.1 Å². The molecule has 2 bridgehead atoms. The minimum absolute atomic E-state index is 0.116. The van der Waals surface area contributed by atoms with E-state index in [2.05, 4.69) is 10.5 Å². The molecule has 200 valence electrons. The van der Waals surface area contributed by atoms with Crippen molar-refractivity contribution in [2.45, 2.75) is 61.4 Å². The smallest absolute Gasteiger partial charge is 0.255 e. The lowest BCUT2D eigenvalue weighted by atomic mass is 9.85. The van der Waals surface area contributed by atoms with Gasteiger partial charge < -0.3 is 15.3 Å². The molecule has 2 N–H and O–H groups in total. The van der Waals surface area contributed by atoms with Crippen molar-refractivity contribution in [1.82, 2.24) is 0 Å². The van der Waals surface area contributed by atoms with Crippen molar-refractivity contribution in [3.8, 4) is 0 Å². The maximum absolute atomic E-state index is 13.8. The van der Waals surface area contributed by atoms with Gasteiger partial charge in [0, 0.05) is 29.3 Å². The number of hydrogen-bond acceptors (Lipinski definition) is 6. The summed E-state index contributed by atoms with van der Waals surface area (Å²) < 4.78 is 67.8.